The SMILES string of the molecule is C=NN(C(=O)/C(=C1\CC=C(F)C(OCC)=N1)c1ccc(OC(F)F)cc1)c1ccc2nn(C)cc2c1. The Balaban J connectivity index is 1.82. The Labute approximate surface area is 204 Å². The lowest BCUT2D eigenvalue weighted by Crippen LogP contribution is -2.27. The van der Waals surface area contributed by atoms with Gasteiger partial charge in [-0.2, -0.15) is 24.0 Å². The molecular weight excluding hydrogens is 475 g/mol. The van der Waals surface area contributed by atoms with Crippen molar-refractivity contribution in [1.82, 2.24) is 9.78 Å². The van der Waals surface area contributed by atoms with E-state index in [9.17, 15) is 18.0 Å². The van der Waals surface area contributed by atoms with Crippen LogP contribution in [0.25, 0.3) is 16.5 Å². The first-order chi connectivity index (χ1) is 17.3. The molecule has 2 heterocycles. The van der Waals surface area contributed by atoms with E-state index in [0.29, 0.717) is 11.3 Å². The second kappa shape index (κ2) is 10.5. The first kappa shape index (κ1) is 24.7. The van der Waals surface area contributed by atoms with Gasteiger partial charge in [-0.25, -0.2) is 9.38 Å². The van der Waals surface area contributed by atoms with Gasteiger partial charge in [-0.1, -0.05) is 12.1 Å². The molecule has 3 aromatic rings. The van der Waals surface area contributed by atoms with Crippen LogP contribution in [0.15, 0.2) is 76.4 Å². The number of allylic oxidation sites excluding steroid dienone is 1. The van der Waals surface area contributed by atoms with Crippen molar-refractivity contribution in [3.8, 4) is 5.75 Å². The van der Waals surface area contributed by atoms with E-state index in [1.165, 1.54) is 30.3 Å². The van der Waals surface area contributed by atoms with Gasteiger partial charge in [0.2, 0.25) is 5.90 Å². The van der Waals surface area contributed by atoms with Gasteiger partial charge in [0.1, 0.15) is 5.75 Å². The van der Waals surface area contributed by atoms with Gasteiger partial charge in [-0.3, -0.25) is 9.48 Å². The van der Waals surface area contributed by atoms with Crippen LogP contribution in [-0.4, -0.2) is 41.5 Å². The average Bonchev–Trinajstić information content (AvgIpc) is 3.22. The topological polar surface area (TPSA) is 81.3 Å². The van der Waals surface area contributed by atoms with Crippen molar-refractivity contribution < 1.29 is 27.4 Å². The predicted octanol–water partition coefficient (Wildman–Crippen LogP) is 5.23. The molecule has 1 aliphatic heterocycles. The number of nitrogens with zero attached hydrogens (tertiary/aromatic N) is 5. The second-order valence-corrected chi connectivity index (χ2v) is 7.63. The third kappa shape index (κ3) is 5.14. The molecule has 0 bridgehead atoms. The van der Waals surface area contributed by atoms with E-state index in [-0.39, 0.29) is 35.9 Å². The van der Waals surface area contributed by atoms with Crippen molar-refractivity contribution in [2.75, 3.05) is 11.6 Å². The van der Waals surface area contributed by atoms with Crippen molar-refractivity contribution in [3.05, 3.63) is 71.8 Å². The Hall–Kier alpha value is -4.41. The molecule has 0 atom stereocenters. The molecule has 0 N–H and O–H groups in total. The molecule has 1 amide bonds. The third-order valence-electron chi connectivity index (χ3n) is 5.25. The quantitative estimate of drug-likeness (QED) is 0.254. The summed E-state index contributed by atoms with van der Waals surface area (Å²) in [5, 5.41) is 10.1. The molecule has 8 nitrogen and oxygen atoms in total. The molecule has 36 heavy (non-hydrogen) atoms. The van der Waals surface area contributed by atoms with Crippen LogP contribution in [0.2, 0.25) is 0 Å². The lowest BCUT2D eigenvalue weighted by atomic mass is 9.99. The number of fused-ring (bicyclic) bond motifs is 1. The first-order valence-electron chi connectivity index (χ1n) is 10.9. The maximum Gasteiger partial charge on any atom is 0.387 e. The lowest BCUT2D eigenvalue weighted by molar-refractivity contribution is -0.113. The summed E-state index contributed by atoms with van der Waals surface area (Å²) in [6, 6.07) is 10.6. The third-order valence-corrected chi connectivity index (χ3v) is 5.25. The van der Waals surface area contributed by atoms with Crippen LogP contribution in [0.5, 0.6) is 5.75 Å². The molecule has 0 radical (unpaired) electrons. The van der Waals surface area contributed by atoms with E-state index in [4.69, 9.17) is 4.74 Å². The molecule has 0 spiro atoms. The normalized spacial score (nSPS) is 14.8. The van der Waals surface area contributed by atoms with Gasteiger partial charge < -0.3 is 9.47 Å². The van der Waals surface area contributed by atoms with Crippen molar-refractivity contribution in [1.29, 1.82) is 0 Å². The molecular formula is C25H22F3N5O3. The minimum absolute atomic E-state index is 0.00854. The first-order valence-corrected chi connectivity index (χ1v) is 10.9. The maximum absolute atomic E-state index is 14.3. The van der Waals surface area contributed by atoms with Crippen LogP contribution in [0.4, 0.5) is 18.9 Å². The highest BCUT2D eigenvalue weighted by Gasteiger charge is 2.27. The number of carbonyl (C=O) groups is 1. The number of carbonyl (C=O) groups excluding carboxylic acids is 1. The minimum Gasteiger partial charge on any atom is -0.476 e. The number of hydrogen-bond acceptors (Lipinski definition) is 6. The van der Waals surface area contributed by atoms with E-state index in [1.807, 2.05) is 0 Å². The fraction of sp³-hybridized carbons (Fsp3) is 0.200. The summed E-state index contributed by atoms with van der Waals surface area (Å²) in [5.41, 5.74) is 1.76. The number of aliphatic imine (C=N–C) groups is 1. The van der Waals surface area contributed by atoms with E-state index < -0.39 is 18.3 Å². The highest BCUT2D eigenvalue weighted by Crippen LogP contribution is 2.32. The van der Waals surface area contributed by atoms with Crippen LogP contribution in [0.3, 0.4) is 0 Å². The number of dihydropyridines is 1. The van der Waals surface area contributed by atoms with Crippen LogP contribution >= 0.6 is 0 Å². The van der Waals surface area contributed by atoms with Crippen LogP contribution < -0.4 is 9.75 Å². The van der Waals surface area contributed by atoms with Gasteiger partial charge in [0.05, 0.1) is 29.1 Å². The Morgan fingerprint density at radius 1 is 1.25 bits per heavy atom. The standard InChI is InChI=1S/C25H22F3N5O3/c1-4-35-23-19(26)10-12-21(30-23)22(15-5-8-18(9-6-15)36-25(27)28)24(34)33(29-2)17-7-11-20-16(13-17)14-32(3)31-20/h5-11,13-14,25H,2,4,12H2,1,3H3/b22-21+. The molecule has 0 fully saturated rings. The average molecular weight is 497 g/mol. The Bertz CT molecular complexity index is 1390. The number of hydrazone groups is 1. The van der Waals surface area contributed by atoms with Crippen LogP contribution in [-0.2, 0) is 16.6 Å². The summed E-state index contributed by atoms with van der Waals surface area (Å²) in [5.74, 6) is -1.59. The number of anilines is 1. The lowest BCUT2D eigenvalue weighted by Gasteiger charge is -2.21. The largest absolute Gasteiger partial charge is 0.476 e. The molecule has 4 rings (SSSR count). The van der Waals surface area contributed by atoms with Gasteiger partial charge in [-0.15, -0.1) is 0 Å². The van der Waals surface area contributed by atoms with E-state index in [1.54, 1.807) is 43.0 Å². The Morgan fingerprint density at radius 3 is 2.67 bits per heavy atom. The highest BCUT2D eigenvalue weighted by atomic mass is 19.3. The number of ether oxygens (including phenoxy) is 2. The number of alkyl halides is 2. The zero-order valence-corrected chi connectivity index (χ0v) is 19.5. The van der Waals surface area contributed by atoms with Crippen molar-refractivity contribution in [3.63, 3.8) is 0 Å². The molecule has 1 aliphatic rings. The molecule has 186 valence electrons. The molecule has 0 aliphatic carbocycles. The van der Waals surface area contributed by atoms with Crippen molar-refractivity contribution >= 4 is 40.7 Å². The van der Waals surface area contributed by atoms with E-state index in [2.05, 4.69) is 26.6 Å². The van der Waals surface area contributed by atoms with Gasteiger partial charge in [0.15, 0.2) is 5.83 Å². The van der Waals surface area contributed by atoms with E-state index in [0.717, 1.165) is 15.9 Å². The molecule has 11 heteroatoms. The molecule has 0 unspecified atom stereocenters. The van der Waals surface area contributed by atoms with Gasteiger partial charge >= 0.3 is 6.61 Å². The fourth-order valence-electron chi connectivity index (χ4n) is 3.74. The zero-order chi connectivity index (χ0) is 25.8. The molecule has 0 saturated heterocycles. The second-order valence-electron chi connectivity index (χ2n) is 7.63. The van der Waals surface area contributed by atoms with Gasteiger partial charge in [0, 0.05) is 31.8 Å². The van der Waals surface area contributed by atoms with Gasteiger partial charge in [-0.05, 0) is 48.9 Å². The summed E-state index contributed by atoms with van der Waals surface area (Å²) in [6.45, 7) is 2.40. The number of aromatic nitrogens is 2. The van der Waals surface area contributed by atoms with Crippen LogP contribution in [0, 0.1) is 0 Å². The highest BCUT2D eigenvalue weighted by molar-refractivity contribution is 6.27. The Kier molecular flexibility index (Phi) is 7.18. The van der Waals surface area contributed by atoms with Crippen molar-refractivity contribution in [2.45, 2.75) is 20.0 Å². The Morgan fingerprint density at radius 2 is 2.00 bits per heavy atom. The maximum atomic E-state index is 14.3. The zero-order valence-electron chi connectivity index (χ0n) is 19.5. The molecule has 0 saturated carbocycles. The van der Waals surface area contributed by atoms with Crippen LogP contribution in [0.1, 0.15) is 18.9 Å². The monoisotopic (exact) mass is 497 g/mol. The van der Waals surface area contributed by atoms with E-state index >= 15 is 0 Å². The molecule has 2 aromatic carbocycles. The molecule has 1 aromatic heterocycles. The number of aryl methyl sites for hydroxylation is 1. The smallest absolute Gasteiger partial charge is 0.387 e. The number of benzene rings is 2. The number of hydrogen-bond donors (Lipinski definition) is 0. The number of halogens is 3. The fourth-order valence-corrected chi connectivity index (χ4v) is 3.74. The summed E-state index contributed by atoms with van der Waals surface area (Å²) in [6.07, 6.45) is 3.03. The summed E-state index contributed by atoms with van der Waals surface area (Å²) in [4.78, 5) is 18.1. The summed E-state index contributed by atoms with van der Waals surface area (Å²) >= 11 is 0. The summed E-state index contributed by atoms with van der Waals surface area (Å²) < 4.78 is 50.8. The van der Waals surface area contributed by atoms with Crippen molar-refractivity contribution in [2.24, 2.45) is 17.1 Å². The summed E-state index contributed by atoms with van der Waals surface area (Å²) in [7, 11) is 1.78. The predicted molar refractivity (Wildman–Crippen MR) is 131 cm³/mol. The number of rotatable bonds is 7. The minimum atomic E-state index is -3.00. The number of amides is 1. The van der Waals surface area contributed by atoms with Gasteiger partial charge in [0.25, 0.3) is 5.91 Å².